The first kappa shape index (κ1) is 19.2. The number of esters is 1. The number of hydrogen-bond donors (Lipinski definition) is 0. The van der Waals surface area contributed by atoms with Gasteiger partial charge in [0.2, 0.25) is 10.0 Å². The van der Waals surface area contributed by atoms with Gasteiger partial charge in [0.25, 0.3) is 0 Å². The Kier molecular flexibility index (Phi) is 4.39. The fraction of sp³-hybridized carbons (Fsp3) is 0.409. The minimum absolute atomic E-state index is 0.312. The van der Waals surface area contributed by atoms with Crippen LogP contribution in [0.3, 0.4) is 0 Å². The molecule has 4 rings (SSSR count). The molecule has 0 unspecified atom stereocenters. The van der Waals surface area contributed by atoms with E-state index < -0.39 is 15.6 Å². The third-order valence-corrected chi connectivity index (χ3v) is 8.52. The van der Waals surface area contributed by atoms with Crippen LogP contribution >= 0.6 is 0 Å². The van der Waals surface area contributed by atoms with Crippen molar-refractivity contribution in [1.82, 2.24) is 4.31 Å². The van der Waals surface area contributed by atoms with E-state index in [1.165, 1.54) is 0 Å². The molecule has 0 radical (unpaired) electrons. The second-order valence-corrected chi connectivity index (χ2v) is 9.80. The lowest BCUT2D eigenvalue weighted by atomic mass is 9.84. The average molecular weight is 400 g/mol. The number of fused-ring (bicyclic) bond motifs is 2. The minimum atomic E-state index is -3.61. The molecule has 1 saturated heterocycles. The summed E-state index contributed by atoms with van der Waals surface area (Å²) in [4.78, 5) is 12.7. The molecule has 1 spiro atoms. The summed E-state index contributed by atoms with van der Waals surface area (Å²) >= 11 is 0. The van der Waals surface area contributed by atoms with E-state index in [2.05, 4.69) is 0 Å². The van der Waals surface area contributed by atoms with Crippen molar-refractivity contribution in [1.29, 1.82) is 0 Å². The molecule has 0 atom stereocenters. The number of benzene rings is 2. The SMILES string of the molecule is Cc1cc(C)c(C)c(S(=O)(=O)N2CCC3(CC2)OC(=O)c2ccccc23)c1C. The van der Waals surface area contributed by atoms with Gasteiger partial charge in [-0.3, -0.25) is 0 Å². The number of carbonyl (C=O) groups excluding carboxylic acids is 1. The van der Waals surface area contributed by atoms with Gasteiger partial charge in [0.1, 0.15) is 5.60 Å². The maximum atomic E-state index is 13.5. The highest BCUT2D eigenvalue weighted by Gasteiger charge is 2.48. The standard InChI is InChI=1S/C22H25NO4S/c1-14-13-15(2)17(4)20(16(14)3)28(25,26)23-11-9-22(10-12-23)19-8-6-5-7-18(19)21(24)27-22/h5-8,13H,9-12H2,1-4H3. The summed E-state index contributed by atoms with van der Waals surface area (Å²) in [5, 5.41) is 0. The molecule has 2 aromatic carbocycles. The van der Waals surface area contributed by atoms with Crippen molar-refractivity contribution in [3.05, 3.63) is 63.7 Å². The van der Waals surface area contributed by atoms with Gasteiger partial charge < -0.3 is 4.74 Å². The van der Waals surface area contributed by atoms with Crippen LogP contribution in [0.25, 0.3) is 0 Å². The lowest BCUT2D eigenvalue weighted by Crippen LogP contribution is -2.45. The number of hydrogen-bond acceptors (Lipinski definition) is 4. The summed E-state index contributed by atoms with van der Waals surface area (Å²) < 4.78 is 34.2. The smallest absolute Gasteiger partial charge is 0.339 e. The Balaban J connectivity index is 1.66. The molecule has 2 aromatic rings. The Morgan fingerprint density at radius 1 is 0.964 bits per heavy atom. The van der Waals surface area contributed by atoms with Crippen molar-refractivity contribution in [2.24, 2.45) is 0 Å². The fourth-order valence-electron chi connectivity index (χ4n) is 4.50. The fourth-order valence-corrected chi connectivity index (χ4v) is 6.52. The predicted molar refractivity (Wildman–Crippen MR) is 107 cm³/mol. The lowest BCUT2D eigenvalue weighted by Gasteiger charge is -2.38. The molecule has 2 aliphatic heterocycles. The molecule has 1 fully saturated rings. The van der Waals surface area contributed by atoms with Crippen molar-refractivity contribution in [3.63, 3.8) is 0 Å². The average Bonchev–Trinajstić information content (AvgIpc) is 2.93. The first-order valence-corrected chi connectivity index (χ1v) is 11.0. The van der Waals surface area contributed by atoms with Crippen molar-refractivity contribution < 1.29 is 17.9 Å². The largest absolute Gasteiger partial charge is 0.450 e. The van der Waals surface area contributed by atoms with E-state index in [1.807, 2.05) is 52.0 Å². The van der Waals surface area contributed by atoms with Gasteiger partial charge in [0.15, 0.2) is 0 Å². The molecule has 0 aliphatic carbocycles. The molecule has 0 N–H and O–H groups in total. The second kappa shape index (κ2) is 6.42. The number of carbonyl (C=O) groups is 1. The number of piperidine rings is 1. The first-order valence-electron chi connectivity index (χ1n) is 9.58. The van der Waals surface area contributed by atoms with Gasteiger partial charge in [-0.25, -0.2) is 13.2 Å². The van der Waals surface area contributed by atoms with Crippen LogP contribution in [0.4, 0.5) is 0 Å². The van der Waals surface area contributed by atoms with Crippen LogP contribution in [-0.2, 0) is 20.4 Å². The maximum Gasteiger partial charge on any atom is 0.339 e. The van der Waals surface area contributed by atoms with Gasteiger partial charge >= 0.3 is 5.97 Å². The Morgan fingerprint density at radius 2 is 1.54 bits per heavy atom. The van der Waals surface area contributed by atoms with Crippen LogP contribution in [0.15, 0.2) is 35.2 Å². The van der Waals surface area contributed by atoms with Gasteiger partial charge in [-0.1, -0.05) is 24.3 Å². The van der Waals surface area contributed by atoms with Crippen LogP contribution in [0, 0.1) is 27.7 Å². The third kappa shape index (κ3) is 2.70. The maximum absolute atomic E-state index is 13.5. The third-order valence-electron chi connectivity index (χ3n) is 6.35. The summed E-state index contributed by atoms with van der Waals surface area (Å²) in [5.74, 6) is -0.312. The van der Waals surface area contributed by atoms with Crippen LogP contribution in [0.5, 0.6) is 0 Å². The van der Waals surface area contributed by atoms with Crippen LogP contribution < -0.4 is 0 Å². The highest BCUT2D eigenvalue weighted by atomic mass is 32.2. The van der Waals surface area contributed by atoms with Gasteiger partial charge in [-0.05, 0) is 56.0 Å². The summed E-state index contributed by atoms with van der Waals surface area (Å²) in [6, 6.07) is 9.45. The molecule has 0 saturated carbocycles. The number of aryl methyl sites for hydroxylation is 2. The first-order chi connectivity index (χ1) is 13.2. The van der Waals surface area contributed by atoms with Crippen LogP contribution in [0.1, 0.15) is 51.0 Å². The lowest BCUT2D eigenvalue weighted by molar-refractivity contribution is -0.0329. The Hall–Kier alpha value is -2.18. The summed E-state index contributed by atoms with van der Waals surface area (Å²) in [6.07, 6.45) is 0.940. The zero-order valence-corrected chi connectivity index (χ0v) is 17.5. The molecule has 0 aromatic heterocycles. The van der Waals surface area contributed by atoms with Crippen LogP contribution in [-0.4, -0.2) is 31.8 Å². The Bertz CT molecular complexity index is 1050. The molecule has 2 aliphatic rings. The minimum Gasteiger partial charge on any atom is -0.450 e. The molecular formula is C22H25NO4S. The normalized spacial score (nSPS) is 18.9. The zero-order chi connectivity index (χ0) is 20.3. The molecule has 148 valence electrons. The topological polar surface area (TPSA) is 63.7 Å². The number of ether oxygens (including phenoxy) is 1. The van der Waals surface area contributed by atoms with E-state index in [-0.39, 0.29) is 5.97 Å². The molecule has 28 heavy (non-hydrogen) atoms. The van der Waals surface area contributed by atoms with E-state index in [4.69, 9.17) is 4.74 Å². The number of sulfonamides is 1. The molecule has 0 amide bonds. The molecular weight excluding hydrogens is 374 g/mol. The van der Waals surface area contributed by atoms with Crippen molar-refractivity contribution >= 4 is 16.0 Å². The summed E-state index contributed by atoms with van der Waals surface area (Å²) in [7, 11) is -3.61. The highest BCUT2D eigenvalue weighted by Crippen LogP contribution is 2.45. The predicted octanol–water partition coefficient (Wildman–Crippen LogP) is 3.77. The number of nitrogens with zero attached hydrogens (tertiary/aromatic N) is 1. The van der Waals surface area contributed by atoms with Crippen molar-refractivity contribution in [2.75, 3.05) is 13.1 Å². The van der Waals surface area contributed by atoms with E-state index in [1.54, 1.807) is 10.4 Å². The van der Waals surface area contributed by atoms with E-state index in [0.29, 0.717) is 36.4 Å². The number of rotatable bonds is 2. The molecule has 0 bridgehead atoms. The van der Waals surface area contributed by atoms with E-state index in [9.17, 15) is 13.2 Å². The van der Waals surface area contributed by atoms with Gasteiger partial charge in [-0.15, -0.1) is 0 Å². The van der Waals surface area contributed by atoms with Gasteiger partial charge in [-0.2, -0.15) is 4.31 Å². The Labute approximate surface area is 166 Å². The highest BCUT2D eigenvalue weighted by molar-refractivity contribution is 7.89. The second-order valence-electron chi connectivity index (χ2n) is 7.92. The molecule has 2 heterocycles. The molecule has 6 heteroatoms. The van der Waals surface area contributed by atoms with Gasteiger partial charge in [0, 0.05) is 31.5 Å². The summed E-state index contributed by atoms with van der Waals surface area (Å²) in [5.41, 5.74) is 4.35. The van der Waals surface area contributed by atoms with E-state index >= 15 is 0 Å². The molecule has 5 nitrogen and oxygen atoms in total. The quantitative estimate of drug-likeness (QED) is 0.721. The Morgan fingerprint density at radius 3 is 2.14 bits per heavy atom. The van der Waals surface area contributed by atoms with Crippen molar-refractivity contribution in [3.8, 4) is 0 Å². The summed E-state index contributed by atoms with van der Waals surface area (Å²) in [6.45, 7) is 8.29. The zero-order valence-electron chi connectivity index (χ0n) is 16.7. The van der Waals surface area contributed by atoms with Crippen LogP contribution in [0.2, 0.25) is 0 Å². The van der Waals surface area contributed by atoms with E-state index in [0.717, 1.165) is 27.8 Å². The van der Waals surface area contributed by atoms with Gasteiger partial charge in [0.05, 0.1) is 10.5 Å². The monoisotopic (exact) mass is 399 g/mol. The van der Waals surface area contributed by atoms with Crippen molar-refractivity contribution in [2.45, 2.75) is 51.0 Å².